The second kappa shape index (κ2) is 7.26. The fourth-order valence-corrected chi connectivity index (χ4v) is 4.13. The highest BCUT2D eigenvalue weighted by Gasteiger charge is 2.20. The number of halogens is 1. The smallest absolute Gasteiger partial charge is 0.348 e. The number of unbranched alkanes of at least 4 members (excludes halogenated alkanes) is 3. The molecule has 0 aliphatic rings. The average molecular weight is 325 g/mol. The molecule has 108 valence electrons. The summed E-state index contributed by atoms with van der Waals surface area (Å²) in [4.78, 5) is 12.5. The highest BCUT2D eigenvalue weighted by atomic mass is 35.7. The SMILES string of the molecule is CCCCCCOC(=O)c1cc(S(=O)(=O)Cl)c(C)s1. The summed E-state index contributed by atoms with van der Waals surface area (Å²) >= 11 is 1.08. The van der Waals surface area contributed by atoms with Crippen molar-refractivity contribution >= 4 is 37.0 Å². The molecule has 0 saturated carbocycles. The maximum atomic E-state index is 11.7. The van der Waals surface area contributed by atoms with Gasteiger partial charge in [0.2, 0.25) is 0 Å². The summed E-state index contributed by atoms with van der Waals surface area (Å²) in [5, 5.41) is 0. The molecule has 0 amide bonds. The molecule has 1 heterocycles. The summed E-state index contributed by atoms with van der Waals surface area (Å²) in [7, 11) is 1.47. The quantitative estimate of drug-likeness (QED) is 0.435. The molecule has 0 aliphatic heterocycles. The average Bonchev–Trinajstić information content (AvgIpc) is 2.70. The number of hydrogen-bond acceptors (Lipinski definition) is 5. The minimum Gasteiger partial charge on any atom is -0.462 e. The first-order valence-electron chi connectivity index (χ1n) is 6.08. The Kier molecular flexibility index (Phi) is 6.29. The molecule has 1 aromatic rings. The van der Waals surface area contributed by atoms with Gasteiger partial charge in [-0.15, -0.1) is 11.3 Å². The number of hydrogen-bond donors (Lipinski definition) is 0. The molecular weight excluding hydrogens is 308 g/mol. The number of thiophene rings is 1. The lowest BCUT2D eigenvalue weighted by atomic mass is 10.2. The van der Waals surface area contributed by atoms with Gasteiger partial charge in [-0.05, 0) is 19.4 Å². The molecule has 0 radical (unpaired) electrons. The van der Waals surface area contributed by atoms with Crippen LogP contribution in [0.15, 0.2) is 11.0 Å². The first kappa shape index (κ1) is 16.5. The van der Waals surface area contributed by atoms with Crippen LogP contribution in [0.25, 0.3) is 0 Å². The largest absolute Gasteiger partial charge is 0.462 e. The van der Waals surface area contributed by atoms with E-state index < -0.39 is 15.0 Å². The third kappa shape index (κ3) is 5.12. The molecule has 1 aromatic heterocycles. The zero-order valence-electron chi connectivity index (χ0n) is 10.9. The third-order valence-electron chi connectivity index (χ3n) is 2.57. The lowest BCUT2D eigenvalue weighted by Crippen LogP contribution is -2.04. The number of rotatable bonds is 7. The normalized spacial score (nSPS) is 11.5. The Morgan fingerprint density at radius 1 is 1.37 bits per heavy atom. The number of ether oxygens (including phenoxy) is 1. The Labute approximate surface area is 122 Å². The van der Waals surface area contributed by atoms with Gasteiger partial charge < -0.3 is 4.74 Å². The Morgan fingerprint density at radius 2 is 2.05 bits per heavy atom. The minimum atomic E-state index is -3.80. The molecule has 0 N–H and O–H groups in total. The maximum absolute atomic E-state index is 11.7. The predicted molar refractivity (Wildman–Crippen MR) is 76.5 cm³/mol. The van der Waals surface area contributed by atoms with E-state index in [0.29, 0.717) is 11.5 Å². The second-order valence-corrected chi connectivity index (χ2v) is 7.96. The Bertz CT molecular complexity index is 534. The molecule has 0 aromatic carbocycles. The van der Waals surface area contributed by atoms with Crippen molar-refractivity contribution < 1.29 is 17.9 Å². The van der Waals surface area contributed by atoms with Gasteiger partial charge in [0.15, 0.2) is 0 Å². The second-order valence-electron chi connectivity index (χ2n) is 4.17. The Morgan fingerprint density at radius 3 is 2.58 bits per heavy atom. The van der Waals surface area contributed by atoms with Gasteiger partial charge in [-0.1, -0.05) is 26.2 Å². The molecule has 7 heteroatoms. The Balaban J connectivity index is 2.59. The highest BCUT2D eigenvalue weighted by molar-refractivity contribution is 8.13. The van der Waals surface area contributed by atoms with Crippen molar-refractivity contribution in [3.05, 3.63) is 15.8 Å². The van der Waals surface area contributed by atoms with Crippen molar-refractivity contribution in [1.82, 2.24) is 0 Å². The molecular formula is C12H17ClO4S2. The van der Waals surface area contributed by atoms with Crippen molar-refractivity contribution in [2.24, 2.45) is 0 Å². The Hall–Kier alpha value is -0.590. The number of carbonyl (C=O) groups excluding carboxylic acids is 1. The van der Waals surface area contributed by atoms with Crippen LogP contribution < -0.4 is 0 Å². The van der Waals surface area contributed by atoms with E-state index in [2.05, 4.69) is 6.92 Å². The minimum absolute atomic E-state index is 0.0166. The van der Waals surface area contributed by atoms with E-state index >= 15 is 0 Å². The fourth-order valence-electron chi connectivity index (χ4n) is 1.57. The van der Waals surface area contributed by atoms with Gasteiger partial charge in [0.05, 0.1) is 11.5 Å². The number of carbonyl (C=O) groups is 1. The van der Waals surface area contributed by atoms with Crippen LogP contribution in [-0.4, -0.2) is 21.0 Å². The summed E-state index contributed by atoms with van der Waals surface area (Å²) in [6, 6.07) is 1.27. The van der Waals surface area contributed by atoms with Gasteiger partial charge in [-0.3, -0.25) is 0 Å². The fraction of sp³-hybridized carbons (Fsp3) is 0.583. The van der Waals surface area contributed by atoms with Gasteiger partial charge in [0, 0.05) is 15.6 Å². The first-order valence-corrected chi connectivity index (χ1v) is 9.21. The van der Waals surface area contributed by atoms with Crippen LogP contribution in [0.2, 0.25) is 0 Å². The van der Waals surface area contributed by atoms with Crippen molar-refractivity contribution in [3.63, 3.8) is 0 Å². The van der Waals surface area contributed by atoms with E-state index in [1.54, 1.807) is 6.92 Å². The van der Waals surface area contributed by atoms with Crippen LogP contribution in [0.1, 0.15) is 47.2 Å². The molecule has 0 aliphatic carbocycles. The van der Waals surface area contributed by atoms with E-state index in [1.165, 1.54) is 6.07 Å². The monoisotopic (exact) mass is 324 g/mol. The van der Waals surface area contributed by atoms with Crippen LogP contribution in [-0.2, 0) is 13.8 Å². The number of aryl methyl sites for hydroxylation is 1. The van der Waals surface area contributed by atoms with Crippen LogP contribution >= 0.6 is 22.0 Å². The van der Waals surface area contributed by atoms with E-state index in [0.717, 1.165) is 37.0 Å². The van der Waals surface area contributed by atoms with Gasteiger partial charge in [0.1, 0.15) is 4.88 Å². The molecule has 0 unspecified atom stereocenters. The zero-order valence-corrected chi connectivity index (χ0v) is 13.3. The molecule has 4 nitrogen and oxygen atoms in total. The van der Waals surface area contributed by atoms with E-state index in [9.17, 15) is 13.2 Å². The van der Waals surface area contributed by atoms with E-state index in [4.69, 9.17) is 15.4 Å². The summed E-state index contributed by atoms with van der Waals surface area (Å²) in [6.07, 6.45) is 4.08. The standard InChI is InChI=1S/C12H17ClO4S2/c1-3-4-5-6-7-17-12(14)10-8-11(9(2)18-10)19(13,15)16/h8H,3-7H2,1-2H3. The number of esters is 1. The van der Waals surface area contributed by atoms with E-state index in [-0.39, 0.29) is 9.77 Å². The highest BCUT2D eigenvalue weighted by Crippen LogP contribution is 2.28. The van der Waals surface area contributed by atoms with Crippen LogP contribution in [0.4, 0.5) is 0 Å². The molecule has 0 atom stereocenters. The summed E-state index contributed by atoms with van der Waals surface area (Å²) in [6.45, 7) is 4.07. The lowest BCUT2D eigenvalue weighted by Gasteiger charge is -2.02. The van der Waals surface area contributed by atoms with Crippen molar-refractivity contribution in [2.45, 2.75) is 44.4 Å². The van der Waals surface area contributed by atoms with Crippen LogP contribution in [0, 0.1) is 6.92 Å². The van der Waals surface area contributed by atoms with Gasteiger partial charge in [-0.2, -0.15) is 0 Å². The van der Waals surface area contributed by atoms with Gasteiger partial charge in [0.25, 0.3) is 9.05 Å². The molecule has 0 bridgehead atoms. The lowest BCUT2D eigenvalue weighted by molar-refractivity contribution is 0.0503. The van der Waals surface area contributed by atoms with Crippen molar-refractivity contribution in [3.8, 4) is 0 Å². The summed E-state index contributed by atoms with van der Waals surface area (Å²) in [5.41, 5.74) is 0. The topological polar surface area (TPSA) is 60.4 Å². The third-order valence-corrected chi connectivity index (χ3v) is 5.17. The molecule has 0 spiro atoms. The van der Waals surface area contributed by atoms with Crippen LogP contribution in [0.5, 0.6) is 0 Å². The van der Waals surface area contributed by atoms with Gasteiger partial charge >= 0.3 is 5.97 Å². The van der Waals surface area contributed by atoms with Crippen molar-refractivity contribution in [1.29, 1.82) is 0 Å². The van der Waals surface area contributed by atoms with E-state index in [1.807, 2.05) is 0 Å². The molecule has 0 fully saturated rings. The van der Waals surface area contributed by atoms with Gasteiger partial charge in [-0.25, -0.2) is 13.2 Å². The molecule has 19 heavy (non-hydrogen) atoms. The molecule has 1 rings (SSSR count). The first-order chi connectivity index (χ1) is 8.86. The molecule has 0 saturated heterocycles. The summed E-state index contributed by atoms with van der Waals surface area (Å²) < 4.78 is 27.6. The van der Waals surface area contributed by atoms with Crippen molar-refractivity contribution in [2.75, 3.05) is 6.61 Å². The maximum Gasteiger partial charge on any atom is 0.348 e. The predicted octanol–water partition coefficient (Wildman–Crippen LogP) is 3.72. The zero-order chi connectivity index (χ0) is 14.5. The summed E-state index contributed by atoms with van der Waals surface area (Å²) in [5.74, 6) is -0.490. The van der Waals surface area contributed by atoms with Crippen LogP contribution in [0.3, 0.4) is 0 Å².